The minimum Gasteiger partial charge on any atom is -0.381 e. The highest BCUT2D eigenvalue weighted by Crippen LogP contribution is 2.48. The van der Waals surface area contributed by atoms with Gasteiger partial charge in [0.25, 0.3) is 0 Å². The molecule has 1 aliphatic heterocycles. The molecule has 0 bridgehead atoms. The summed E-state index contributed by atoms with van der Waals surface area (Å²) in [5.74, 6) is 1.22. The number of aromatic nitrogens is 2. The van der Waals surface area contributed by atoms with Crippen molar-refractivity contribution in [3.05, 3.63) is 34.4 Å². The number of nitrogens with zero attached hydrogens (tertiary/aromatic N) is 3. The van der Waals surface area contributed by atoms with Crippen LogP contribution in [0.5, 0.6) is 0 Å². The SMILES string of the molecule is Nc1nc(N2CC[C@]3(CC[C@H]3N)C2)cnc1Sc1cccc(Cl)c1Cl. The van der Waals surface area contributed by atoms with Gasteiger partial charge >= 0.3 is 0 Å². The molecule has 1 spiro atoms. The van der Waals surface area contributed by atoms with Crippen molar-refractivity contribution >= 4 is 46.6 Å². The Morgan fingerprint density at radius 3 is 2.76 bits per heavy atom. The van der Waals surface area contributed by atoms with Crippen molar-refractivity contribution in [2.24, 2.45) is 11.1 Å². The molecule has 1 saturated heterocycles. The highest BCUT2D eigenvalue weighted by molar-refractivity contribution is 7.99. The van der Waals surface area contributed by atoms with E-state index in [-0.39, 0.29) is 5.41 Å². The minimum absolute atomic E-state index is 0.262. The van der Waals surface area contributed by atoms with Crippen LogP contribution in [0.4, 0.5) is 11.6 Å². The molecule has 0 radical (unpaired) electrons. The molecule has 5 nitrogen and oxygen atoms in total. The van der Waals surface area contributed by atoms with Crippen molar-refractivity contribution < 1.29 is 0 Å². The van der Waals surface area contributed by atoms with E-state index in [1.165, 1.54) is 18.2 Å². The molecule has 25 heavy (non-hydrogen) atoms. The predicted octanol–water partition coefficient (Wildman–Crippen LogP) is 3.83. The maximum Gasteiger partial charge on any atom is 0.158 e. The fourth-order valence-corrected chi connectivity index (χ4v) is 4.88. The Morgan fingerprint density at radius 2 is 2.12 bits per heavy atom. The largest absolute Gasteiger partial charge is 0.381 e. The molecule has 1 saturated carbocycles. The zero-order valence-electron chi connectivity index (χ0n) is 13.6. The van der Waals surface area contributed by atoms with Crippen molar-refractivity contribution in [3.63, 3.8) is 0 Å². The second kappa shape index (κ2) is 6.50. The van der Waals surface area contributed by atoms with Gasteiger partial charge in [-0.15, -0.1) is 0 Å². The molecule has 8 heteroatoms. The summed E-state index contributed by atoms with van der Waals surface area (Å²) in [5, 5.41) is 1.64. The number of hydrogen-bond acceptors (Lipinski definition) is 6. The Balaban J connectivity index is 1.52. The standard InChI is InChI=1S/C17H19Cl2N5S/c18-10-2-1-3-11(14(10)19)25-16-15(21)23-13(8-22-16)24-7-6-17(9-24)5-4-12(17)20/h1-3,8,12H,4-7,9,20H2,(H2,21,23)/t12-,17-/m1/s1. The maximum absolute atomic E-state index is 6.24. The van der Waals surface area contributed by atoms with Crippen LogP contribution in [-0.2, 0) is 0 Å². The molecule has 2 heterocycles. The summed E-state index contributed by atoms with van der Waals surface area (Å²) in [6.07, 6.45) is 5.22. The molecule has 2 fully saturated rings. The number of benzene rings is 1. The highest BCUT2D eigenvalue weighted by atomic mass is 35.5. The molecular weight excluding hydrogens is 377 g/mol. The molecule has 4 N–H and O–H groups in total. The highest BCUT2D eigenvalue weighted by Gasteiger charge is 2.49. The van der Waals surface area contributed by atoms with Crippen molar-refractivity contribution in [1.29, 1.82) is 0 Å². The van der Waals surface area contributed by atoms with Gasteiger partial charge in [0, 0.05) is 29.4 Å². The van der Waals surface area contributed by atoms with Gasteiger partial charge in [0.1, 0.15) is 10.8 Å². The summed E-state index contributed by atoms with van der Waals surface area (Å²) in [7, 11) is 0. The number of nitrogens with two attached hydrogens (primary N) is 2. The van der Waals surface area contributed by atoms with Gasteiger partial charge in [-0.2, -0.15) is 0 Å². The zero-order valence-corrected chi connectivity index (χ0v) is 15.9. The van der Waals surface area contributed by atoms with Crippen molar-refractivity contribution in [1.82, 2.24) is 9.97 Å². The second-order valence-electron chi connectivity index (χ2n) is 6.75. The topological polar surface area (TPSA) is 81.1 Å². The van der Waals surface area contributed by atoms with E-state index in [1.54, 1.807) is 12.3 Å². The normalized spacial score (nSPS) is 25.4. The third kappa shape index (κ3) is 3.05. The molecule has 2 aromatic rings. The van der Waals surface area contributed by atoms with Gasteiger partial charge in [-0.05, 0) is 31.4 Å². The number of rotatable bonds is 3. The molecule has 2 aliphatic rings. The number of nitrogen functional groups attached to an aromatic ring is 1. The second-order valence-corrected chi connectivity index (χ2v) is 8.57. The van der Waals surface area contributed by atoms with E-state index in [0.29, 0.717) is 26.9 Å². The van der Waals surface area contributed by atoms with Crippen molar-refractivity contribution in [2.45, 2.75) is 35.2 Å². The summed E-state index contributed by atoms with van der Waals surface area (Å²) in [6.45, 7) is 1.89. The third-order valence-electron chi connectivity index (χ3n) is 5.32. The van der Waals surface area contributed by atoms with Gasteiger partial charge in [-0.3, -0.25) is 0 Å². The monoisotopic (exact) mass is 395 g/mol. The lowest BCUT2D eigenvalue weighted by atomic mass is 9.64. The summed E-state index contributed by atoms with van der Waals surface area (Å²) < 4.78 is 0. The molecule has 0 unspecified atom stereocenters. The Bertz CT molecular complexity index is 818. The van der Waals surface area contributed by atoms with E-state index in [1.807, 2.05) is 12.1 Å². The van der Waals surface area contributed by atoms with Crippen LogP contribution in [0, 0.1) is 5.41 Å². The Labute approximate surface area is 161 Å². The quantitative estimate of drug-likeness (QED) is 0.821. The zero-order chi connectivity index (χ0) is 17.6. The lowest BCUT2D eigenvalue weighted by Crippen LogP contribution is -2.52. The smallest absolute Gasteiger partial charge is 0.158 e. The Morgan fingerprint density at radius 1 is 1.28 bits per heavy atom. The van der Waals surface area contributed by atoms with Gasteiger partial charge in [-0.25, -0.2) is 9.97 Å². The van der Waals surface area contributed by atoms with Gasteiger partial charge in [0.15, 0.2) is 5.82 Å². The van der Waals surface area contributed by atoms with Crippen LogP contribution in [0.25, 0.3) is 0 Å². The fourth-order valence-electron chi connectivity index (χ4n) is 3.60. The Hall–Kier alpha value is -1.21. The van der Waals surface area contributed by atoms with Crippen LogP contribution in [0.3, 0.4) is 0 Å². The van der Waals surface area contributed by atoms with Crippen LogP contribution >= 0.6 is 35.0 Å². The first-order chi connectivity index (χ1) is 12.0. The maximum atomic E-state index is 6.24. The van der Waals surface area contributed by atoms with Crippen LogP contribution in [0.1, 0.15) is 19.3 Å². The summed E-state index contributed by atoms with van der Waals surface area (Å²) in [4.78, 5) is 12.1. The first kappa shape index (κ1) is 17.2. The van der Waals surface area contributed by atoms with E-state index in [2.05, 4.69) is 14.9 Å². The molecule has 0 amide bonds. The van der Waals surface area contributed by atoms with E-state index in [9.17, 15) is 0 Å². The van der Waals surface area contributed by atoms with Crippen molar-refractivity contribution in [3.8, 4) is 0 Å². The molecular formula is C17H19Cl2N5S. The minimum atomic E-state index is 0.262. The third-order valence-corrected chi connectivity index (χ3v) is 7.32. The molecule has 1 aromatic carbocycles. The number of hydrogen-bond donors (Lipinski definition) is 2. The molecule has 2 atom stereocenters. The lowest BCUT2D eigenvalue weighted by molar-refractivity contribution is 0.122. The Kier molecular flexibility index (Phi) is 4.48. The number of halogens is 2. The van der Waals surface area contributed by atoms with Crippen molar-refractivity contribution in [2.75, 3.05) is 23.7 Å². The summed E-state index contributed by atoms with van der Waals surface area (Å²) in [5.41, 5.74) is 12.6. The van der Waals surface area contributed by atoms with E-state index >= 15 is 0 Å². The van der Waals surface area contributed by atoms with E-state index in [0.717, 1.165) is 36.6 Å². The average molecular weight is 396 g/mol. The molecule has 1 aliphatic carbocycles. The van der Waals surface area contributed by atoms with Gasteiger partial charge in [0.05, 0.1) is 16.2 Å². The van der Waals surface area contributed by atoms with Gasteiger partial charge in [0.2, 0.25) is 0 Å². The number of anilines is 2. The van der Waals surface area contributed by atoms with E-state index in [4.69, 9.17) is 34.7 Å². The first-order valence-corrected chi connectivity index (χ1v) is 9.81. The average Bonchev–Trinajstić information content (AvgIpc) is 3.07. The summed E-state index contributed by atoms with van der Waals surface area (Å²) >= 11 is 13.7. The van der Waals surface area contributed by atoms with Crippen LogP contribution < -0.4 is 16.4 Å². The molecule has 1 aromatic heterocycles. The van der Waals surface area contributed by atoms with Gasteiger partial charge < -0.3 is 16.4 Å². The lowest BCUT2D eigenvalue weighted by Gasteiger charge is -2.44. The first-order valence-electron chi connectivity index (χ1n) is 8.23. The van der Waals surface area contributed by atoms with Crippen LogP contribution in [-0.4, -0.2) is 29.1 Å². The molecule has 132 valence electrons. The predicted molar refractivity (Wildman–Crippen MR) is 104 cm³/mol. The fraction of sp³-hybridized carbons (Fsp3) is 0.412. The van der Waals surface area contributed by atoms with Crippen LogP contribution in [0.15, 0.2) is 34.3 Å². The molecule has 4 rings (SSSR count). The van der Waals surface area contributed by atoms with Crippen LogP contribution in [0.2, 0.25) is 10.0 Å². The summed E-state index contributed by atoms with van der Waals surface area (Å²) in [6, 6.07) is 5.79. The van der Waals surface area contributed by atoms with E-state index < -0.39 is 0 Å². The van der Waals surface area contributed by atoms with Gasteiger partial charge in [-0.1, -0.05) is 41.0 Å².